The second-order valence-corrected chi connectivity index (χ2v) is 4.87. The average molecular weight is 231 g/mol. The normalized spacial score (nSPS) is 17.0. The lowest BCUT2D eigenvalue weighted by molar-refractivity contribution is 0.0952. The predicted molar refractivity (Wildman–Crippen MR) is 70.4 cm³/mol. The highest BCUT2D eigenvalue weighted by Gasteiger charge is 2.17. The molecule has 0 spiro atoms. The maximum Gasteiger partial charge on any atom is 0.163 e. The molecule has 1 saturated heterocycles. The molecule has 0 aromatic heterocycles. The van der Waals surface area contributed by atoms with Gasteiger partial charge < -0.3 is 5.32 Å². The molecule has 1 aliphatic rings. The number of hydrogen-bond acceptors (Lipinski definition) is 2. The molecule has 0 unspecified atom stereocenters. The summed E-state index contributed by atoms with van der Waals surface area (Å²) in [7, 11) is 0. The molecule has 0 saturated carbocycles. The van der Waals surface area contributed by atoms with Crippen molar-refractivity contribution in [2.24, 2.45) is 5.92 Å². The van der Waals surface area contributed by atoms with E-state index in [4.69, 9.17) is 0 Å². The monoisotopic (exact) mass is 231 g/mol. The number of piperidine rings is 1. The fourth-order valence-electron chi connectivity index (χ4n) is 2.39. The molecular weight excluding hydrogens is 210 g/mol. The summed E-state index contributed by atoms with van der Waals surface area (Å²) in [6, 6.07) is 8.08. The Bertz CT molecular complexity index is 363. The molecule has 0 aliphatic carbocycles. The molecule has 2 heteroatoms. The van der Waals surface area contributed by atoms with Gasteiger partial charge in [0.2, 0.25) is 0 Å². The van der Waals surface area contributed by atoms with Gasteiger partial charge in [0.25, 0.3) is 0 Å². The number of ketones is 1. The Hall–Kier alpha value is -1.15. The SMILES string of the molecule is CCc1ccc(C(=O)CC2CCNCC2)cc1. The van der Waals surface area contributed by atoms with Gasteiger partial charge in [0.15, 0.2) is 5.78 Å². The van der Waals surface area contributed by atoms with Crippen LogP contribution in [-0.2, 0) is 6.42 Å². The summed E-state index contributed by atoms with van der Waals surface area (Å²) in [5, 5.41) is 3.33. The van der Waals surface area contributed by atoms with E-state index in [1.54, 1.807) is 0 Å². The van der Waals surface area contributed by atoms with Crippen LogP contribution in [-0.4, -0.2) is 18.9 Å². The van der Waals surface area contributed by atoms with Crippen LogP contribution in [0.4, 0.5) is 0 Å². The van der Waals surface area contributed by atoms with Gasteiger partial charge in [0.1, 0.15) is 0 Å². The Labute approximate surface area is 103 Å². The lowest BCUT2D eigenvalue weighted by Crippen LogP contribution is -2.28. The van der Waals surface area contributed by atoms with Crippen molar-refractivity contribution >= 4 is 5.78 Å². The van der Waals surface area contributed by atoms with E-state index < -0.39 is 0 Å². The second kappa shape index (κ2) is 5.97. The molecule has 17 heavy (non-hydrogen) atoms. The highest BCUT2D eigenvalue weighted by atomic mass is 16.1. The highest BCUT2D eigenvalue weighted by Crippen LogP contribution is 2.19. The number of hydrogen-bond donors (Lipinski definition) is 1. The van der Waals surface area contributed by atoms with E-state index >= 15 is 0 Å². The van der Waals surface area contributed by atoms with E-state index in [1.807, 2.05) is 12.1 Å². The van der Waals surface area contributed by atoms with Crippen LogP contribution in [0.15, 0.2) is 24.3 Å². The molecule has 2 nitrogen and oxygen atoms in total. The van der Waals surface area contributed by atoms with Gasteiger partial charge in [-0.1, -0.05) is 31.2 Å². The number of nitrogens with one attached hydrogen (secondary N) is 1. The van der Waals surface area contributed by atoms with Gasteiger partial charge in [-0.05, 0) is 43.8 Å². The van der Waals surface area contributed by atoms with Crippen LogP contribution in [0.2, 0.25) is 0 Å². The van der Waals surface area contributed by atoms with Crippen molar-refractivity contribution in [3.05, 3.63) is 35.4 Å². The Morgan fingerprint density at radius 2 is 1.88 bits per heavy atom. The minimum absolute atomic E-state index is 0.305. The minimum Gasteiger partial charge on any atom is -0.317 e. The van der Waals surface area contributed by atoms with Crippen LogP contribution in [0.1, 0.15) is 42.1 Å². The lowest BCUT2D eigenvalue weighted by atomic mass is 9.90. The van der Waals surface area contributed by atoms with Crippen molar-refractivity contribution in [2.45, 2.75) is 32.6 Å². The second-order valence-electron chi connectivity index (χ2n) is 4.87. The quantitative estimate of drug-likeness (QED) is 0.807. The van der Waals surface area contributed by atoms with Gasteiger partial charge in [-0.25, -0.2) is 0 Å². The Morgan fingerprint density at radius 3 is 2.47 bits per heavy atom. The van der Waals surface area contributed by atoms with E-state index in [9.17, 15) is 4.79 Å². The third-order valence-corrected chi connectivity index (χ3v) is 3.62. The Balaban J connectivity index is 1.93. The fraction of sp³-hybridized carbons (Fsp3) is 0.533. The van der Waals surface area contributed by atoms with Gasteiger partial charge in [0.05, 0.1) is 0 Å². The van der Waals surface area contributed by atoms with Crippen LogP contribution in [0.25, 0.3) is 0 Å². The first-order valence-electron chi connectivity index (χ1n) is 6.62. The van der Waals surface area contributed by atoms with E-state index in [-0.39, 0.29) is 0 Å². The van der Waals surface area contributed by atoms with Crippen molar-refractivity contribution in [2.75, 3.05) is 13.1 Å². The van der Waals surface area contributed by atoms with Crippen molar-refractivity contribution in [1.29, 1.82) is 0 Å². The molecule has 0 bridgehead atoms. The molecule has 1 aliphatic heterocycles. The number of carbonyl (C=O) groups is 1. The molecule has 0 radical (unpaired) electrons. The van der Waals surface area contributed by atoms with Gasteiger partial charge in [0, 0.05) is 12.0 Å². The zero-order chi connectivity index (χ0) is 12.1. The van der Waals surface area contributed by atoms with E-state index in [1.165, 1.54) is 5.56 Å². The zero-order valence-corrected chi connectivity index (χ0v) is 10.5. The van der Waals surface area contributed by atoms with Crippen LogP contribution in [0.3, 0.4) is 0 Å². The molecule has 1 fully saturated rings. The molecule has 92 valence electrons. The van der Waals surface area contributed by atoms with Crippen molar-refractivity contribution in [3.63, 3.8) is 0 Å². The lowest BCUT2D eigenvalue weighted by Gasteiger charge is -2.21. The topological polar surface area (TPSA) is 29.1 Å². The summed E-state index contributed by atoms with van der Waals surface area (Å²) in [5.74, 6) is 0.883. The van der Waals surface area contributed by atoms with E-state index in [0.29, 0.717) is 18.1 Å². The summed E-state index contributed by atoms with van der Waals surface area (Å²) in [6.45, 7) is 4.26. The van der Waals surface area contributed by atoms with E-state index in [2.05, 4.69) is 24.4 Å². The molecule has 1 heterocycles. The summed E-state index contributed by atoms with van der Waals surface area (Å²) >= 11 is 0. The molecule has 1 aromatic carbocycles. The van der Waals surface area contributed by atoms with Gasteiger partial charge in [-0.15, -0.1) is 0 Å². The number of aryl methyl sites for hydroxylation is 1. The third-order valence-electron chi connectivity index (χ3n) is 3.62. The van der Waals surface area contributed by atoms with Crippen molar-refractivity contribution in [1.82, 2.24) is 5.32 Å². The molecule has 1 N–H and O–H groups in total. The average Bonchev–Trinajstić information content (AvgIpc) is 2.40. The fourth-order valence-corrected chi connectivity index (χ4v) is 2.39. The maximum absolute atomic E-state index is 12.1. The van der Waals surface area contributed by atoms with Gasteiger partial charge in [-0.2, -0.15) is 0 Å². The molecular formula is C15H21NO. The van der Waals surface area contributed by atoms with Gasteiger partial charge in [-0.3, -0.25) is 4.79 Å². The largest absolute Gasteiger partial charge is 0.317 e. The van der Waals surface area contributed by atoms with Crippen molar-refractivity contribution in [3.8, 4) is 0 Å². The number of Topliss-reactive ketones (excluding diaryl/α,β-unsaturated/α-hetero) is 1. The van der Waals surface area contributed by atoms with Crippen LogP contribution < -0.4 is 5.32 Å². The maximum atomic E-state index is 12.1. The number of benzene rings is 1. The summed E-state index contributed by atoms with van der Waals surface area (Å²) in [5.41, 5.74) is 2.17. The van der Waals surface area contributed by atoms with Gasteiger partial charge >= 0.3 is 0 Å². The van der Waals surface area contributed by atoms with Crippen LogP contribution in [0.5, 0.6) is 0 Å². The standard InChI is InChI=1S/C15H21NO/c1-2-12-3-5-14(6-4-12)15(17)11-13-7-9-16-10-8-13/h3-6,13,16H,2,7-11H2,1H3. The highest BCUT2D eigenvalue weighted by molar-refractivity contribution is 5.96. The number of rotatable bonds is 4. The van der Waals surface area contributed by atoms with Crippen LogP contribution in [0, 0.1) is 5.92 Å². The summed E-state index contributed by atoms with van der Waals surface area (Å²) in [6.07, 6.45) is 4.02. The van der Waals surface area contributed by atoms with Crippen LogP contribution >= 0.6 is 0 Å². The molecule has 0 atom stereocenters. The van der Waals surface area contributed by atoms with E-state index in [0.717, 1.165) is 37.9 Å². The first-order valence-corrected chi connectivity index (χ1v) is 6.62. The molecule has 1 aromatic rings. The minimum atomic E-state index is 0.305. The summed E-state index contributed by atoms with van der Waals surface area (Å²) < 4.78 is 0. The zero-order valence-electron chi connectivity index (χ0n) is 10.5. The first-order chi connectivity index (χ1) is 8.29. The number of carbonyl (C=O) groups excluding carboxylic acids is 1. The Morgan fingerprint density at radius 1 is 1.24 bits per heavy atom. The predicted octanol–water partition coefficient (Wildman–Crippen LogP) is 2.82. The Kier molecular flexibility index (Phi) is 4.32. The first kappa shape index (κ1) is 12.3. The summed E-state index contributed by atoms with van der Waals surface area (Å²) in [4.78, 5) is 12.1. The van der Waals surface area contributed by atoms with Crippen molar-refractivity contribution < 1.29 is 4.79 Å². The third kappa shape index (κ3) is 3.40. The molecule has 0 amide bonds. The smallest absolute Gasteiger partial charge is 0.163 e. The molecule has 2 rings (SSSR count).